The Morgan fingerprint density at radius 2 is 1.85 bits per heavy atom. The van der Waals surface area contributed by atoms with Gasteiger partial charge < -0.3 is 8.83 Å². The fraction of sp³-hybridized carbons (Fsp3) is 0.333. The third-order valence-corrected chi connectivity index (χ3v) is 5.59. The van der Waals surface area contributed by atoms with E-state index in [0.29, 0.717) is 11.8 Å². The molecule has 0 radical (unpaired) electrons. The van der Waals surface area contributed by atoms with Crippen LogP contribution in [0, 0.1) is 11.3 Å². The van der Waals surface area contributed by atoms with Crippen LogP contribution in [-0.4, -0.2) is 0 Å². The molecule has 2 heteroatoms. The molecule has 0 saturated heterocycles. The number of rotatable bonds is 5. The van der Waals surface area contributed by atoms with E-state index >= 15 is 0 Å². The highest BCUT2D eigenvalue weighted by Crippen LogP contribution is 2.66. The van der Waals surface area contributed by atoms with Crippen LogP contribution in [0.1, 0.15) is 50.5 Å². The van der Waals surface area contributed by atoms with Gasteiger partial charge in [-0.1, -0.05) is 55.8 Å². The lowest BCUT2D eigenvalue weighted by Crippen LogP contribution is -1.90. The van der Waals surface area contributed by atoms with E-state index in [1.165, 1.54) is 16.7 Å². The minimum absolute atomic E-state index is 0.270. The number of allylic oxidation sites excluding steroid dienone is 2. The van der Waals surface area contributed by atoms with Crippen molar-refractivity contribution < 1.29 is 8.83 Å². The van der Waals surface area contributed by atoms with E-state index in [-0.39, 0.29) is 5.41 Å². The first kappa shape index (κ1) is 17.0. The molecule has 0 spiro atoms. The molecule has 1 fully saturated rings. The Kier molecular flexibility index (Phi) is 4.14. The molecule has 2 heterocycles. The Bertz CT molecular complexity index is 920. The van der Waals surface area contributed by atoms with Crippen LogP contribution in [-0.2, 0) is 6.42 Å². The highest BCUT2D eigenvalue weighted by molar-refractivity contribution is 5.63. The molecule has 3 aromatic rings. The minimum atomic E-state index is 0.270. The number of furan rings is 2. The Hall–Kier alpha value is -2.48. The summed E-state index contributed by atoms with van der Waals surface area (Å²) in [7, 11) is 0. The predicted molar refractivity (Wildman–Crippen MR) is 105 cm³/mol. The van der Waals surface area contributed by atoms with Crippen molar-refractivity contribution in [3.05, 3.63) is 83.5 Å². The van der Waals surface area contributed by atoms with Gasteiger partial charge in [-0.05, 0) is 42.9 Å². The average Bonchev–Trinajstić information content (AvgIpc) is 3.02. The van der Waals surface area contributed by atoms with Crippen molar-refractivity contribution in [1.29, 1.82) is 0 Å². The molecule has 2 nitrogen and oxygen atoms in total. The van der Waals surface area contributed by atoms with Gasteiger partial charge in [-0.25, -0.2) is 0 Å². The van der Waals surface area contributed by atoms with Crippen molar-refractivity contribution in [2.75, 3.05) is 0 Å². The number of hydrogen-bond donors (Lipinski definition) is 0. The van der Waals surface area contributed by atoms with Crippen LogP contribution in [0.5, 0.6) is 0 Å². The summed E-state index contributed by atoms with van der Waals surface area (Å²) in [6.07, 6.45) is 6.83. The predicted octanol–water partition coefficient (Wildman–Crippen LogP) is 6.84. The Morgan fingerprint density at radius 3 is 2.58 bits per heavy atom. The van der Waals surface area contributed by atoms with E-state index in [2.05, 4.69) is 70.2 Å². The van der Waals surface area contributed by atoms with Gasteiger partial charge in [0.05, 0.1) is 11.8 Å². The first-order chi connectivity index (χ1) is 12.5. The van der Waals surface area contributed by atoms with Gasteiger partial charge in [0.1, 0.15) is 17.8 Å². The molecular weight excluding hydrogens is 320 g/mol. The summed E-state index contributed by atoms with van der Waals surface area (Å²) in [5, 5.41) is 0. The molecule has 2 unspecified atom stereocenters. The van der Waals surface area contributed by atoms with E-state index in [1.807, 2.05) is 18.6 Å². The topological polar surface area (TPSA) is 26.3 Å². The first-order valence-electron chi connectivity index (χ1n) is 9.31. The Labute approximate surface area is 155 Å². The van der Waals surface area contributed by atoms with E-state index in [0.717, 1.165) is 23.5 Å². The molecule has 2 atom stereocenters. The maximum Gasteiger partial charge on any atom is 0.140 e. The quantitative estimate of drug-likeness (QED) is 0.473. The summed E-state index contributed by atoms with van der Waals surface area (Å²) in [5.41, 5.74) is 5.23. The van der Waals surface area contributed by atoms with Crippen molar-refractivity contribution in [3.8, 4) is 11.3 Å². The molecule has 1 aromatic carbocycles. The minimum Gasteiger partial charge on any atom is -0.468 e. The maximum absolute atomic E-state index is 5.88. The summed E-state index contributed by atoms with van der Waals surface area (Å²) in [6, 6.07) is 14.6. The maximum atomic E-state index is 5.88. The van der Waals surface area contributed by atoms with E-state index in [1.54, 1.807) is 0 Å². The second kappa shape index (κ2) is 6.35. The lowest BCUT2D eigenvalue weighted by Gasteiger charge is -2.02. The molecule has 4 rings (SSSR count). The Balaban J connectivity index is 1.60. The highest BCUT2D eigenvalue weighted by atomic mass is 16.3. The van der Waals surface area contributed by atoms with Gasteiger partial charge >= 0.3 is 0 Å². The van der Waals surface area contributed by atoms with Crippen LogP contribution in [0.15, 0.2) is 75.5 Å². The molecule has 0 N–H and O–H groups in total. The van der Waals surface area contributed by atoms with E-state index in [4.69, 9.17) is 8.83 Å². The molecule has 26 heavy (non-hydrogen) atoms. The van der Waals surface area contributed by atoms with Crippen LogP contribution in [0.3, 0.4) is 0 Å². The van der Waals surface area contributed by atoms with Gasteiger partial charge in [0, 0.05) is 17.9 Å². The molecule has 134 valence electrons. The van der Waals surface area contributed by atoms with Crippen molar-refractivity contribution >= 4 is 0 Å². The van der Waals surface area contributed by atoms with Gasteiger partial charge in [-0.15, -0.1) is 0 Å². The van der Waals surface area contributed by atoms with E-state index in [9.17, 15) is 0 Å². The van der Waals surface area contributed by atoms with Crippen LogP contribution in [0.25, 0.3) is 11.3 Å². The summed E-state index contributed by atoms with van der Waals surface area (Å²) in [5.74, 6) is 2.98. The molecule has 1 aliphatic rings. The average molecular weight is 346 g/mol. The second-order valence-electron chi connectivity index (χ2n) is 8.24. The third-order valence-electron chi connectivity index (χ3n) is 5.59. The molecule has 0 amide bonds. The fourth-order valence-corrected chi connectivity index (χ4v) is 4.13. The molecular formula is C24H26O2. The molecule has 1 aliphatic carbocycles. The summed E-state index contributed by atoms with van der Waals surface area (Å²) in [4.78, 5) is 0. The van der Waals surface area contributed by atoms with Crippen LogP contribution >= 0.6 is 0 Å². The van der Waals surface area contributed by atoms with Gasteiger partial charge in [0.2, 0.25) is 0 Å². The standard InChI is InChI=1S/C24H26O2/c1-16(2)12-21-22(24(21,3)4)20-10-11-25-23(20)18-14-19(26-15-18)13-17-8-6-5-7-9-17/h5-12,14-15,21-22H,13H2,1-4H3. The van der Waals surface area contributed by atoms with Crippen molar-refractivity contribution in [2.24, 2.45) is 11.3 Å². The second-order valence-corrected chi connectivity index (χ2v) is 8.24. The highest BCUT2D eigenvalue weighted by Gasteiger charge is 2.58. The number of benzene rings is 1. The molecule has 2 aromatic heterocycles. The zero-order valence-corrected chi connectivity index (χ0v) is 16.0. The lowest BCUT2D eigenvalue weighted by atomic mass is 10.0. The van der Waals surface area contributed by atoms with Gasteiger partial charge in [-0.2, -0.15) is 0 Å². The largest absolute Gasteiger partial charge is 0.468 e. The van der Waals surface area contributed by atoms with Crippen molar-refractivity contribution in [3.63, 3.8) is 0 Å². The SMILES string of the molecule is CC(C)=CC1C(c2ccoc2-c2coc(Cc3ccccc3)c2)C1(C)C. The normalized spacial score (nSPS) is 20.8. The van der Waals surface area contributed by atoms with Crippen LogP contribution < -0.4 is 0 Å². The van der Waals surface area contributed by atoms with Gasteiger partial charge in [0.25, 0.3) is 0 Å². The lowest BCUT2D eigenvalue weighted by molar-refractivity contribution is 0.519. The Morgan fingerprint density at radius 1 is 1.08 bits per heavy atom. The molecule has 0 bridgehead atoms. The molecule has 1 saturated carbocycles. The zero-order valence-electron chi connectivity index (χ0n) is 16.0. The first-order valence-corrected chi connectivity index (χ1v) is 9.31. The summed E-state index contributed by atoms with van der Waals surface area (Å²) < 4.78 is 11.7. The third kappa shape index (κ3) is 3.05. The smallest absolute Gasteiger partial charge is 0.140 e. The monoisotopic (exact) mass is 346 g/mol. The van der Waals surface area contributed by atoms with Crippen molar-refractivity contribution in [1.82, 2.24) is 0 Å². The van der Waals surface area contributed by atoms with Gasteiger partial charge in [-0.3, -0.25) is 0 Å². The summed E-state index contributed by atoms with van der Waals surface area (Å²) in [6.45, 7) is 9.03. The van der Waals surface area contributed by atoms with Gasteiger partial charge in [0.15, 0.2) is 0 Å². The number of hydrogen-bond acceptors (Lipinski definition) is 2. The zero-order chi connectivity index (χ0) is 18.3. The fourth-order valence-electron chi connectivity index (χ4n) is 4.13. The molecule has 0 aliphatic heterocycles. The van der Waals surface area contributed by atoms with Crippen LogP contribution in [0.4, 0.5) is 0 Å². The summed E-state index contributed by atoms with van der Waals surface area (Å²) >= 11 is 0. The van der Waals surface area contributed by atoms with E-state index < -0.39 is 0 Å². The van der Waals surface area contributed by atoms with Crippen molar-refractivity contribution in [2.45, 2.75) is 40.0 Å². The van der Waals surface area contributed by atoms with Crippen LogP contribution in [0.2, 0.25) is 0 Å².